The van der Waals surface area contributed by atoms with Crippen LogP contribution in [0.4, 0.5) is 11.4 Å². The summed E-state index contributed by atoms with van der Waals surface area (Å²) in [5.41, 5.74) is 1.60. The molecule has 1 N–H and O–H groups in total. The molecule has 1 aliphatic rings. The number of hydrogen-bond acceptors (Lipinski definition) is 4. The van der Waals surface area contributed by atoms with E-state index in [1.165, 1.54) is 6.92 Å². The van der Waals surface area contributed by atoms with Crippen LogP contribution in [0.15, 0.2) is 18.2 Å². The zero-order chi connectivity index (χ0) is 16.3. The van der Waals surface area contributed by atoms with Crippen molar-refractivity contribution in [3.05, 3.63) is 33.9 Å². The van der Waals surface area contributed by atoms with E-state index in [1.807, 2.05) is 19.1 Å². The molecule has 1 aromatic carbocycles. The first kappa shape index (κ1) is 16.3. The van der Waals surface area contributed by atoms with Gasteiger partial charge in [-0.25, -0.2) is 0 Å². The molecule has 0 aliphatic carbocycles. The molecule has 0 unspecified atom stereocenters. The molecule has 1 aromatic rings. The highest BCUT2D eigenvalue weighted by molar-refractivity contribution is 5.73. The summed E-state index contributed by atoms with van der Waals surface area (Å²) in [6, 6.07) is 5.60. The van der Waals surface area contributed by atoms with Gasteiger partial charge in [0.2, 0.25) is 5.91 Å². The van der Waals surface area contributed by atoms with Gasteiger partial charge in [-0.2, -0.15) is 0 Å². The Labute approximate surface area is 130 Å². The molecule has 1 aliphatic heterocycles. The molecule has 120 valence electrons. The fraction of sp³-hybridized carbons (Fsp3) is 0.562. The van der Waals surface area contributed by atoms with Crippen molar-refractivity contribution >= 4 is 17.3 Å². The molecular formula is C16H23N3O3. The van der Waals surface area contributed by atoms with Crippen LogP contribution in [0.5, 0.6) is 0 Å². The normalized spacial score (nSPS) is 17.1. The van der Waals surface area contributed by atoms with Crippen LogP contribution in [0.1, 0.15) is 32.3 Å². The number of benzene rings is 1. The van der Waals surface area contributed by atoms with Gasteiger partial charge in [0.05, 0.1) is 4.92 Å². The number of nitro benzene ring substituents is 1. The molecule has 0 saturated carbocycles. The van der Waals surface area contributed by atoms with Gasteiger partial charge >= 0.3 is 0 Å². The van der Waals surface area contributed by atoms with Gasteiger partial charge in [-0.05, 0) is 38.7 Å². The van der Waals surface area contributed by atoms with Crippen molar-refractivity contribution in [3.63, 3.8) is 0 Å². The zero-order valence-corrected chi connectivity index (χ0v) is 13.3. The van der Waals surface area contributed by atoms with Crippen molar-refractivity contribution in [2.45, 2.75) is 39.7 Å². The number of hydrogen-bond donors (Lipinski definition) is 1. The van der Waals surface area contributed by atoms with Crippen molar-refractivity contribution in [3.8, 4) is 0 Å². The first-order valence-electron chi connectivity index (χ1n) is 7.66. The van der Waals surface area contributed by atoms with E-state index in [-0.39, 0.29) is 22.6 Å². The topological polar surface area (TPSA) is 75.5 Å². The average molecular weight is 305 g/mol. The van der Waals surface area contributed by atoms with E-state index in [9.17, 15) is 14.9 Å². The van der Waals surface area contributed by atoms with Gasteiger partial charge in [0.15, 0.2) is 0 Å². The number of anilines is 1. The van der Waals surface area contributed by atoms with Gasteiger partial charge < -0.3 is 10.2 Å². The van der Waals surface area contributed by atoms with Crippen LogP contribution in [-0.4, -0.2) is 30.0 Å². The number of nitrogens with zero attached hydrogens (tertiary/aromatic N) is 2. The zero-order valence-electron chi connectivity index (χ0n) is 13.3. The van der Waals surface area contributed by atoms with Crippen LogP contribution in [-0.2, 0) is 4.79 Å². The average Bonchev–Trinajstić information content (AvgIpc) is 2.46. The van der Waals surface area contributed by atoms with Crippen LogP contribution in [0, 0.1) is 23.0 Å². The molecule has 2 rings (SSSR count). The number of piperidine rings is 1. The lowest BCUT2D eigenvalue weighted by atomic mass is 9.90. The predicted molar refractivity (Wildman–Crippen MR) is 86.0 cm³/mol. The Hall–Kier alpha value is -2.11. The minimum atomic E-state index is -0.295. The van der Waals surface area contributed by atoms with Crippen molar-refractivity contribution in [1.29, 1.82) is 0 Å². The van der Waals surface area contributed by atoms with Gasteiger partial charge in [0.1, 0.15) is 5.69 Å². The van der Waals surface area contributed by atoms with E-state index in [2.05, 4.69) is 10.2 Å². The lowest BCUT2D eigenvalue weighted by Gasteiger charge is -2.36. The second-order valence-electron chi connectivity index (χ2n) is 6.01. The summed E-state index contributed by atoms with van der Waals surface area (Å²) < 4.78 is 0. The van der Waals surface area contributed by atoms with Crippen LogP contribution < -0.4 is 10.2 Å². The molecule has 1 heterocycles. The maximum atomic E-state index is 11.3. The maximum absolute atomic E-state index is 11.3. The first-order chi connectivity index (χ1) is 10.4. The smallest absolute Gasteiger partial charge is 0.295 e. The van der Waals surface area contributed by atoms with Crippen LogP contribution >= 0.6 is 0 Å². The highest BCUT2D eigenvalue weighted by Gasteiger charge is 2.28. The number of rotatable bonds is 4. The number of aryl methyl sites for hydroxylation is 1. The van der Waals surface area contributed by atoms with E-state index in [1.54, 1.807) is 13.0 Å². The van der Waals surface area contributed by atoms with Crippen molar-refractivity contribution in [1.82, 2.24) is 5.32 Å². The third kappa shape index (κ3) is 3.55. The number of nitrogens with one attached hydrogen (secondary N) is 1. The molecule has 1 atom stereocenters. The number of para-hydroxylation sites is 1. The van der Waals surface area contributed by atoms with Gasteiger partial charge in [0, 0.05) is 31.6 Å². The third-order valence-electron chi connectivity index (χ3n) is 4.42. The molecule has 6 heteroatoms. The fourth-order valence-electron chi connectivity index (χ4n) is 3.22. The van der Waals surface area contributed by atoms with Crippen molar-refractivity contribution in [2.75, 3.05) is 18.0 Å². The van der Waals surface area contributed by atoms with Crippen LogP contribution in [0.3, 0.4) is 0 Å². The van der Waals surface area contributed by atoms with Crippen molar-refractivity contribution in [2.24, 2.45) is 5.92 Å². The number of carbonyl (C=O) groups excluding carboxylic acids is 1. The Morgan fingerprint density at radius 3 is 2.59 bits per heavy atom. The molecule has 1 amide bonds. The Kier molecular flexibility index (Phi) is 5.00. The van der Waals surface area contributed by atoms with E-state index < -0.39 is 0 Å². The van der Waals surface area contributed by atoms with Crippen molar-refractivity contribution < 1.29 is 9.72 Å². The number of amides is 1. The summed E-state index contributed by atoms with van der Waals surface area (Å²) in [6.07, 6.45) is 1.85. The Morgan fingerprint density at radius 2 is 2.05 bits per heavy atom. The third-order valence-corrected chi connectivity index (χ3v) is 4.42. The summed E-state index contributed by atoms with van der Waals surface area (Å²) in [5, 5.41) is 14.3. The second kappa shape index (κ2) is 6.77. The molecule has 6 nitrogen and oxygen atoms in total. The predicted octanol–water partition coefficient (Wildman–Crippen LogP) is 2.64. The Bertz CT molecular complexity index is 566. The van der Waals surface area contributed by atoms with Crippen LogP contribution in [0.2, 0.25) is 0 Å². The lowest BCUT2D eigenvalue weighted by Crippen LogP contribution is -2.43. The highest BCUT2D eigenvalue weighted by atomic mass is 16.6. The van der Waals surface area contributed by atoms with Gasteiger partial charge in [-0.3, -0.25) is 14.9 Å². The van der Waals surface area contributed by atoms with Gasteiger partial charge in [-0.1, -0.05) is 12.1 Å². The molecule has 0 spiro atoms. The number of nitro groups is 1. The summed E-state index contributed by atoms with van der Waals surface area (Å²) >= 11 is 0. The first-order valence-corrected chi connectivity index (χ1v) is 7.66. The largest absolute Gasteiger partial charge is 0.366 e. The molecule has 1 saturated heterocycles. The van der Waals surface area contributed by atoms with E-state index in [4.69, 9.17) is 0 Å². The van der Waals surface area contributed by atoms with E-state index in [0.717, 1.165) is 25.9 Å². The monoisotopic (exact) mass is 305 g/mol. The van der Waals surface area contributed by atoms with Gasteiger partial charge in [0.25, 0.3) is 5.69 Å². The summed E-state index contributed by atoms with van der Waals surface area (Å²) in [5.74, 6) is 0.410. The SMILES string of the molecule is CC(=O)N[C@H](C)C1CCN(c2cccc(C)c2[N+](=O)[O-])CC1. The Morgan fingerprint density at radius 1 is 1.41 bits per heavy atom. The molecule has 0 radical (unpaired) electrons. The second-order valence-corrected chi connectivity index (χ2v) is 6.01. The standard InChI is InChI=1S/C16H23N3O3/c1-11-5-4-6-15(16(11)19(21)22)18-9-7-14(8-10-18)12(2)17-13(3)20/h4-6,12,14H,7-10H2,1-3H3,(H,17,20)/t12-/m1/s1. The summed E-state index contributed by atoms with van der Waals surface area (Å²) in [7, 11) is 0. The van der Waals surface area contributed by atoms with E-state index in [0.29, 0.717) is 17.2 Å². The number of carbonyl (C=O) groups is 1. The summed E-state index contributed by atoms with van der Waals surface area (Å²) in [4.78, 5) is 24.2. The molecule has 0 aromatic heterocycles. The summed E-state index contributed by atoms with van der Waals surface area (Å²) in [6.45, 7) is 6.88. The quantitative estimate of drug-likeness (QED) is 0.685. The lowest BCUT2D eigenvalue weighted by molar-refractivity contribution is -0.384. The Balaban J connectivity index is 2.08. The molecular weight excluding hydrogens is 282 g/mol. The fourth-order valence-corrected chi connectivity index (χ4v) is 3.22. The highest BCUT2D eigenvalue weighted by Crippen LogP contribution is 2.34. The maximum Gasteiger partial charge on any atom is 0.295 e. The minimum Gasteiger partial charge on any atom is -0.366 e. The molecule has 1 fully saturated rings. The minimum absolute atomic E-state index is 0.00995. The van der Waals surface area contributed by atoms with Crippen LogP contribution in [0.25, 0.3) is 0 Å². The molecule has 0 bridgehead atoms. The molecule has 22 heavy (non-hydrogen) atoms. The van der Waals surface area contributed by atoms with Gasteiger partial charge in [-0.15, -0.1) is 0 Å². The van der Waals surface area contributed by atoms with E-state index >= 15 is 0 Å².